The van der Waals surface area contributed by atoms with Crippen LogP contribution < -0.4 is 0 Å². The highest BCUT2D eigenvalue weighted by atomic mass is 16.5. The second kappa shape index (κ2) is 7.75. The van der Waals surface area contributed by atoms with E-state index in [0.29, 0.717) is 0 Å². The van der Waals surface area contributed by atoms with E-state index < -0.39 is 0 Å². The molecule has 0 fully saturated rings. The smallest absolute Gasteiger partial charge is 0.0291 e. The fourth-order valence-electron chi connectivity index (χ4n) is 2.52. The highest BCUT2D eigenvalue weighted by molar-refractivity contribution is 5.06. The van der Waals surface area contributed by atoms with Crippen molar-refractivity contribution < 1.29 is 0 Å². The van der Waals surface area contributed by atoms with Gasteiger partial charge in [0, 0.05) is 5.54 Å². The molecule has 100 valence electrons. The van der Waals surface area contributed by atoms with Gasteiger partial charge in [-0.25, -0.2) is 0 Å². The van der Waals surface area contributed by atoms with E-state index in [-0.39, 0.29) is 5.54 Å². The first-order valence-corrected chi connectivity index (χ1v) is 7.32. The normalized spacial score (nSPS) is 23.6. The van der Waals surface area contributed by atoms with E-state index in [1.165, 1.54) is 51.4 Å². The zero-order chi connectivity index (χ0) is 12.6. The third-order valence-corrected chi connectivity index (χ3v) is 3.90. The van der Waals surface area contributed by atoms with Crippen molar-refractivity contribution in [2.75, 3.05) is 0 Å². The maximum absolute atomic E-state index is 11.6. The van der Waals surface area contributed by atoms with Crippen LogP contribution in [0.3, 0.4) is 0 Å². The minimum atomic E-state index is -0.137. The lowest BCUT2D eigenvalue weighted by molar-refractivity contribution is 0.229. The summed E-state index contributed by atoms with van der Waals surface area (Å²) in [5, 5.41) is 12.7. The summed E-state index contributed by atoms with van der Waals surface area (Å²) in [7, 11) is 0. The largest absolute Gasteiger partial charge is 0.758 e. The van der Waals surface area contributed by atoms with E-state index in [4.69, 9.17) is 0 Å². The van der Waals surface area contributed by atoms with Crippen molar-refractivity contribution in [3.63, 3.8) is 0 Å². The van der Waals surface area contributed by atoms with Crippen LogP contribution in [0.15, 0.2) is 12.3 Å². The number of rotatable bonds is 9. The molecule has 0 saturated carbocycles. The Morgan fingerprint density at radius 1 is 1.06 bits per heavy atom. The van der Waals surface area contributed by atoms with E-state index in [1.54, 1.807) is 6.20 Å². The first-order chi connectivity index (χ1) is 8.19. The minimum Gasteiger partial charge on any atom is -0.758 e. The van der Waals surface area contributed by atoms with Crippen LogP contribution in [0.4, 0.5) is 0 Å². The summed E-state index contributed by atoms with van der Waals surface area (Å²) in [5.74, 6) is 0. The molecule has 0 aromatic carbocycles. The summed E-state index contributed by atoms with van der Waals surface area (Å²) in [4.78, 5) is 0. The molecule has 2 nitrogen and oxygen atoms in total. The van der Waals surface area contributed by atoms with Gasteiger partial charge in [-0.15, -0.1) is 0 Å². The lowest BCUT2D eigenvalue weighted by atomic mass is 9.92. The topological polar surface area (TPSA) is 26.3 Å². The summed E-state index contributed by atoms with van der Waals surface area (Å²) in [5.41, 5.74) is -0.137. The predicted molar refractivity (Wildman–Crippen MR) is 74.6 cm³/mol. The molecule has 0 aromatic rings. The first-order valence-electron chi connectivity index (χ1n) is 7.32. The second-order valence-electron chi connectivity index (χ2n) is 5.64. The average Bonchev–Trinajstić information content (AvgIpc) is 2.63. The Bertz CT molecular complexity index is 227. The lowest BCUT2D eigenvalue weighted by Crippen LogP contribution is -2.35. The zero-order valence-corrected chi connectivity index (χ0v) is 11.6. The monoisotopic (exact) mass is 238 g/mol. The quantitative estimate of drug-likeness (QED) is 0.529. The van der Waals surface area contributed by atoms with Gasteiger partial charge in [0.1, 0.15) is 0 Å². The molecule has 2 heteroatoms. The molecule has 0 radical (unpaired) electrons. The summed E-state index contributed by atoms with van der Waals surface area (Å²) < 4.78 is 0. The second-order valence-corrected chi connectivity index (χ2v) is 5.64. The number of hydroxylamine groups is 2. The van der Waals surface area contributed by atoms with Gasteiger partial charge in [0.25, 0.3) is 0 Å². The number of hydrogen-bond acceptors (Lipinski definition) is 2. The molecular weight excluding hydrogens is 210 g/mol. The Kier molecular flexibility index (Phi) is 6.64. The molecule has 1 aliphatic rings. The Balaban J connectivity index is 1.94. The van der Waals surface area contributed by atoms with E-state index in [2.05, 4.69) is 13.8 Å². The molecule has 0 N–H and O–H groups in total. The maximum Gasteiger partial charge on any atom is 0.0291 e. The van der Waals surface area contributed by atoms with Crippen LogP contribution in [0.25, 0.3) is 0 Å². The minimum absolute atomic E-state index is 0.137. The van der Waals surface area contributed by atoms with Gasteiger partial charge in [-0.2, -0.15) is 0 Å². The highest BCUT2D eigenvalue weighted by Crippen LogP contribution is 2.31. The standard InChI is InChI=1S/C15H28NO/c1-3-4-5-6-7-8-9-10-12-15(2)13-11-14-16(15)17/h11,14H,3-10,12-13H2,1-2H3/q-1. The summed E-state index contributed by atoms with van der Waals surface area (Å²) in [6, 6.07) is 0. The van der Waals surface area contributed by atoms with Crippen LogP contribution in [0.2, 0.25) is 0 Å². The highest BCUT2D eigenvalue weighted by Gasteiger charge is 2.25. The molecule has 0 spiro atoms. The molecule has 17 heavy (non-hydrogen) atoms. The van der Waals surface area contributed by atoms with Crippen LogP contribution >= 0.6 is 0 Å². The zero-order valence-electron chi connectivity index (χ0n) is 11.6. The van der Waals surface area contributed by atoms with Crippen molar-refractivity contribution in [2.24, 2.45) is 0 Å². The molecule has 0 amide bonds. The molecule has 1 unspecified atom stereocenters. The van der Waals surface area contributed by atoms with E-state index in [9.17, 15) is 5.21 Å². The number of unbranched alkanes of at least 4 members (excludes halogenated alkanes) is 7. The Morgan fingerprint density at radius 2 is 1.65 bits per heavy atom. The summed E-state index contributed by atoms with van der Waals surface area (Å²) >= 11 is 0. The van der Waals surface area contributed by atoms with Gasteiger partial charge in [0.2, 0.25) is 0 Å². The van der Waals surface area contributed by atoms with Gasteiger partial charge in [-0.3, -0.25) is 0 Å². The number of nitrogens with zero attached hydrogens (tertiary/aromatic N) is 1. The predicted octanol–water partition coefficient (Wildman–Crippen LogP) is 4.99. The van der Waals surface area contributed by atoms with Crippen LogP contribution in [0.5, 0.6) is 0 Å². The Morgan fingerprint density at radius 3 is 2.18 bits per heavy atom. The molecule has 0 aliphatic carbocycles. The third-order valence-electron chi connectivity index (χ3n) is 3.90. The number of hydrogen-bond donors (Lipinski definition) is 0. The van der Waals surface area contributed by atoms with Crippen molar-refractivity contribution >= 4 is 0 Å². The van der Waals surface area contributed by atoms with Crippen LogP contribution in [-0.4, -0.2) is 10.6 Å². The van der Waals surface area contributed by atoms with E-state index in [1.807, 2.05) is 6.08 Å². The molecule has 1 aliphatic heterocycles. The van der Waals surface area contributed by atoms with Gasteiger partial charge in [-0.05, 0) is 26.0 Å². The average molecular weight is 238 g/mol. The molecule has 1 heterocycles. The van der Waals surface area contributed by atoms with E-state index in [0.717, 1.165) is 17.9 Å². The molecule has 0 bridgehead atoms. The van der Waals surface area contributed by atoms with Crippen molar-refractivity contribution in [3.8, 4) is 0 Å². The first kappa shape index (κ1) is 14.6. The Hall–Kier alpha value is -0.500. The Labute approximate surface area is 107 Å². The van der Waals surface area contributed by atoms with Crippen molar-refractivity contribution in [1.29, 1.82) is 0 Å². The van der Waals surface area contributed by atoms with Crippen LogP contribution in [0, 0.1) is 5.21 Å². The van der Waals surface area contributed by atoms with Gasteiger partial charge < -0.3 is 10.3 Å². The van der Waals surface area contributed by atoms with Gasteiger partial charge >= 0.3 is 0 Å². The fourth-order valence-corrected chi connectivity index (χ4v) is 2.52. The molecule has 1 atom stereocenters. The molecule has 0 saturated heterocycles. The molecular formula is C15H28NO-. The fraction of sp³-hybridized carbons (Fsp3) is 0.867. The summed E-state index contributed by atoms with van der Waals surface area (Å²) in [6.45, 7) is 4.34. The van der Waals surface area contributed by atoms with E-state index >= 15 is 0 Å². The molecule has 0 aromatic heterocycles. The van der Waals surface area contributed by atoms with Crippen LogP contribution in [0.1, 0.15) is 78.1 Å². The van der Waals surface area contributed by atoms with Gasteiger partial charge in [-0.1, -0.05) is 64.4 Å². The van der Waals surface area contributed by atoms with Crippen molar-refractivity contribution in [2.45, 2.75) is 83.6 Å². The third kappa shape index (κ3) is 5.12. The summed E-state index contributed by atoms with van der Waals surface area (Å²) in [6.07, 6.45) is 16.3. The van der Waals surface area contributed by atoms with Gasteiger partial charge in [0.05, 0.1) is 0 Å². The van der Waals surface area contributed by atoms with Gasteiger partial charge in [0.15, 0.2) is 0 Å². The maximum atomic E-state index is 11.6. The SMILES string of the molecule is CCCCCCCCCCC1(C)CC=CN1[O-]. The molecule has 1 rings (SSSR count). The van der Waals surface area contributed by atoms with Crippen molar-refractivity contribution in [3.05, 3.63) is 17.5 Å². The van der Waals surface area contributed by atoms with Crippen LogP contribution in [-0.2, 0) is 0 Å². The van der Waals surface area contributed by atoms with Crippen molar-refractivity contribution in [1.82, 2.24) is 5.06 Å². The lowest BCUT2D eigenvalue weighted by Gasteiger charge is -2.41.